The molecule has 112 valence electrons. The number of methoxy groups -OCH3 is 1. The first-order valence-electron chi connectivity index (χ1n) is 7.27. The molecule has 1 aromatic rings. The van der Waals surface area contributed by atoms with E-state index < -0.39 is 0 Å². The first-order chi connectivity index (χ1) is 9.77. The molecule has 20 heavy (non-hydrogen) atoms. The van der Waals surface area contributed by atoms with Gasteiger partial charge in [-0.05, 0) is 31.5 Å². The van der Waals surface area contributed by atoms with Crippen LogP contribution >= 0.6 is 0 Å². The number of carbonyl (C=O) groups is 1. The topological polar surface area (TPSA) is 47.6 Å². The molecule has 0 heterocycles. The summed E-state index contributed by atoms with van der Waals surface area (Å²) in [6.45, 7) is 3.50. The van der Waals surface area contributed by atoms with Crippen LogP contribution in [0, 0.1) is 0 Å². The molecular formula is C16H25NO3. The summed E-state index contributed by atoms with van der Waals surface area (Å²) in [5, 5.41) is 3.24. The molecular weight excluding hydrogens is 254 g/mol. The lowest BCUT2D eigenvalue weighted by molar-refractivity contribution is -0.143. The molecule has 0 aliphatic carbocycles. The van der Waals surface area contributed by atoms with Crippen molar-refractivity contribution in [2.75, 3.05) is 20.3 Å². The second-order valence-electron chi connectivity index (χ2n) is 4.69. The van der Waals surface area contributed by atoms with Crippen LogP contribution in [-0.4, -0.2) is 32.3 Å². The SMILES string of the molecule is CCCCC(NCCCOc1ccccc1)C(=O)OC. The Morgan fingerprint density at radius 1 is 1.25 bits per heavy atom. The summed E-state index contributed by atoms with van der Waals surface area (Å²) in [5.74, 6) is 0.699. The fourth-order valence-corrected chi connectivity index (χ4v) is 1.91. The molecule has 0 aliphatic heterocycles. The zero-order valence-electron chi connectivity index (χ0n) is 12.4. The molecule has 4 nitrogen and oxygen atoms in total. The van der Waals surface area contributed by atoms with E-state index in [1.807, 2.05) is 30.3 Å². The monoisotopic (exact) mass is 279 g/mol. The number of hydrogen-bond acceptors (Lipinski definition) is 4. The van der Waals surface area contributed by atoms with E-state index in [4.69, 9.17) is 9.47 Å². The molecule has 0 spiro atoms. The summed E-state index contributed by atoms with van der Waals surface area (Å²) >= 11 is 0. The summed E-state index contributed by atoms with van der Waals surface area (Å²) < 4.78 is 10.4. The number of para-hydroxylation sites is 1. The van der Waals surface area contributed by atoms with Crippen molar-refractivity contribution in [2.24, 2.45) is 0 Å². The molecule has 4 heteroatoms. The van der Waals surface area contributed by atoms with Gasteiger partial charge in [-0.1, -0.05) is 38.0 Å². The smallest absolute Gasteiger partial charge is 0.322 e. The van der Waals surface area contributed by atoms with Crippen LogP contribution in [-0.2, 0) is 9.53 Å². The number of rotatable bonds is 10. The Kier molecular flexibility index (Phi) is 8.47. The van der Waals surface area contributed by atoms with Gasteiger partial charge in [0.15, 0.2) is 0 Å². The standard InChI is InChI=1S/C16H25NO3/c1-3-4-11-15(16(18)19-2)17-12-8-13-20-14-9-6-5-7-10-14/h5-7,9-10,15,17H,3-4,8,11-13H2,1-2H3. The summed E-state index contributed by atoms with van der Waals surface area (Å²) in [6, 6.07) is 9.54. The molecule has 0 amide bonds. The second-order valence-corrected chi connectivity index (χ2v) is 4.69. The maximum Gasteiger partial charge on any atom is 0.322 e. The van der Waals surface area contributed by atoms with Crippen LogP contribution in [0.15, 0.2) is 30.3 Å². The normalized spacial score (nSPS) is 11.9. The summed E-state index contributed by atoms with van der Waals surface area (Å²) in [6.07, 6.45) is 3.77. The average Bonchev–Trinajstić information content (AvgIpc) is 2.50. The van der Waals surface area contributed by atoms with Crippen molar-refractivity contribution >= 4 is 5.97 Å². The fraction of sp³-hybridized carbons (Fsp3) is 0.562. The molecule has 0 saturated heterocycles. The molecule has 0 aliphatic rings. The highest BCUT2D eigenvalue weighted by Crippen LogP contribution is 2.08. The third-order valence-corrected chi connectivity index (χ3v) is 3.06. The van der Waals surface area contributed by atoms with Crippen molar-refractivity contribution < 1.29 is 14.3 Å². The third kappa shape index (κ3) is 6.57. The van der Waals surface area contributed by atoms with Gasteiger partial charge in [-0.2, -0.15) is 0 Å². The Balaban J connectivity index is 2.18. The molecule has 1 unspecified atom stereocenters. The highest BCUT2D eigenvalue weighted by Gasteiger charge is 2.17. The van der Waals surface area contributed by atoms with Gasteiger partial charge >= 0.3 is 5.97 Å². The van der Waals surface area contributed by atoms with Crippen molar-refractivity contribution in [1.29, 1.82) is 0 Å². The zero-order chi connectivity index (χ0) is 14.6. The highest BCUT2D eigenvalue weighted by molar-refractivity contribution is 5.75. The number of nitrogens with one attached hydrogen (secondary N) is 1. The predicted molar refractivity (Wildman–Crippen MR) is 79.9 cm³/mol. The summed E-state index contributed by atoms with van der Waals surface area (Å²) in [4.78, 5) is 11.6. The van der Waals surface area contributed by atoms with Gasteiger partial charge in [0.2, 0.25) is 0 Å². The largest absolute Gasteiger partial charge is 0.494 e. The number of carbonyl (C=O) groups excluding carboxylic acids is 1. The van der Waals surface area contributed by atoms with Gasteiger partial charge in [0.1, 0.15) is 11.8 Å². The van der Waals surface area contributed by atoms with E-state index in [-0.39, 0.29) is 12.0 Å². The van der Waals surface area contributed by atoms with Crippen LogP contribution in [0.5, 0.6) is 5.75 Å². The number of unbranched alkanes of at least 4 members (excludes halogenated alkanes) is 1. The molecule has 0 aromatic heterocycles. The fourth-order valence-electron chi connectivity index (χ4n) is 1.91. The lowest BCUT2D eigenvalue weighted by Crippen LogP contribution is -2.38. The molecule has 1 aromatic carbocycles. The zero-order valence-corrected chi connectivity index (χ0v) is 12.4. The van der Waals surface area contributed by atoms with Crippen molar-refractivity contribution in [3.05, 3.63) is 30.3 Å². The maximum absolute atomic E-state index is 11.6. The van der Waals surface area contributed by atoms with Crippen molar-refractivity contribution in [1.82, 2.24) is 5.32 Å². The van der Waals surface area contributed by atoms with E-state index in [0.29, 0.717) is 6.61 Å². The first-order valence-corrected chi connectivity index (χ1v) is 7.27. The Labute approximate surface area is 121 Å². The van der Waals surface area contributed by atoms with Gasteiger partial charge in [-0.25, -0.2) is 0 Å². The van der Waals surface area contributed by atoms with Crippen molar-refractivity contribution in [3.63, 3.8) is 0 Å². The van der Waals surface area contributed by atoms with Crippen LogP contribution in [0.1, 0.15) is 32.6 Å². The summed E-state index contributed by atoms with van der Waals surface area (Å²) in [5.41, 5.74) is 0. The number of hydrogen-bond donors (Lipinski definition) is 1. The van der Waals surface area contributed by atoms with Crippen LogP contribution in [0.4, 0.5) is 0 Å². The van der Waals surface area contributed by atoms with E-state index in [1.165, 1.54) is 7.11 Å². The van der Waals surface area contributed by atoms with Gasteiger partial charge in [0.25, 0.3) is 0 Å². The second kappa shape index (κ2) is 10.3. The minimum Gasteiger partial charge on any atom is -0.494 e. The van der Waals surface area contributed by atoms with E-state index in [9.17, 15) is 4.79 Å². The van der Waals surface area contributed by atoms with E-state index in [2.05, 4.69) is 12.2 Å². The molecule has 1 rings (SSSR count). The number of ether oxygens (including phenoxy) is 2. The minimum atomic E-state index is -0.198. The number of benzene rings is 1. The Hall–Kier alpha value is -1.55. The lowest BCUT2D eigenvalue weighted by Gasteiger charge is -2.16. The Morgan fingerprint density at radius 2 is 2.00 bits per heavy atom. The Morgan fingerprint density at radius 3 is 2.65 bits per heavy atom. The van der Waals surface area contributed by atoms with Crippen LogP contribution in [0.2, 0.25) is 0 Å². The molecule has 0 fully saturated rings. The summed E-state index contributed by atoms with van der Waals surface area (Å²) in [7, 11) is 1.43. The molecule has 1 N–H and O–H groups in total. The van der Waals surface area contributed by atoms with E-state index in [0.717, 1.165) is 38.0 Å². The lowest BCUT2D eigenvalue weighted by atomic mass is 10.1. The molecule has 0 radical (unpaired) electrons. The van der Waals surface area contributed by atoms with E-state index >= 15 is 0 Å². The van der Waals surface area contributed by atoms with Crippen LogP contribution < -0.4 is 10.1 Å². The van der Waals surface area contributed by atoms with Gasteiger partial charge in [-0.15, -0.1) is 0 Å². The van der Waals surface area contributed by atoms with E-state index in [1.54, 1.807) is 0 Å². The predicted octanol–water partition coefficient (Wildman–Crippen LogP) is 2.78. The third-order valence-electron chi connectivity index (χ3n) is 3.06. The van der Waals surface area contributed by atoms with Gasteiger partial charge in [-0.3, -0.25) is 4.79 Å². The minimum absolute atomic E-state index is 0.178. The quantitative estimate of drug-likeness (QED) is 0.528. The first kappa shape index (κ1) is 16.5. The van der Waals surface area contributed by atoms with Crippen LogP contribution in [0.25, 0.3) is 0 Å². The van der Waals surface area contributed by atoms with Gasteiger partial charge < -0.3 is 14.8 Å². The maximum atomic E-state index is 11.6. The van der Waals surface area contributed by atoms with Crippen LogP contribution in [0.3, 0.4) is 0 Å². The molecule has 0 saturated carbocycles. The van der Waals surface area contributed by atoms with Crippen molar-refractivity contribution in [3.8, 4) is 5.75 Å². The molecule has 1 atom stereocenters. The van der Waals surface area contributed by atoms with Gasteiger partial charge in [0, 0.05) is 0 Å². The number of esters is 1. The molecule has 0 bridgehead atoms. The van der Waals surface area contributed by atoms with Crippen molar-refractivity contribution in [2.45, 2.75) is 38.6 Å². The Bertz CT molecular complexity index is 367. The highest BCUT2D eigenvalue weighted by atomic mass is 16.5. The van der Waals surface area contributed by atoms with Gasteiger partial charge in [0.05, 0.1) is 13.7 Å². The average molecular weight is 279 g/mol.